The molecule has 0 radical (unpaired) electrons. The van der Waals surface area contributed by atoms with Crippen molar-refractivity contribution in [3.8, 4) is 0 Å². The van der Waals surface area contributed by atoms with E-state index in [0.29, 0.717) is 12.0 Å². The van der Waals surface area contributed by atoms with Crippen molar-refractivity contribution in [2.75, 3.05) is 0 Å². The van der Waals surface area contributed by atoms with Gasteiger partial charge in [-0.05, 0) is 30.2 Å². The number of hydrogen-bond acceptors (Lipinski definition) is 2. The molecule has 0 fully saturated rings. The number of benzene rings is 1. The van der Waals surface area contributed by atoms with Crippen molar-refractivity contribution in [2.45, 2.75) is 26.3 Å². The van der Waals surface area contributed by atoms with Gasteiger partial charge in [0.15, 0.2) is 0 Å². The van der Waals surface area contributed by atoms with Gasteiger partial charge in [-0.15, -0.1) is 0 Å². The highest BCUT2D eigenvalue weighted by atomic mass is 16.4. The summed E-state index contributed by atoms with van der Waals surface area (Å²) in [7, 11) is 1.94. The van der Waals surface area contributed by atoms with E-state index in [1.165, 1.54) is 0 Å². The Morgan fingerprint density at radius 2 is 2.05 bits per heavy atom. The van der Waals surface area contributed by atoms with Crippen LogP contribution in [0.25, 0.3) is 10.9 Å². The summed E-state index contributed by atoms with van der Waals surface area (Å²) in [6.45, 7) is 3.72. The summed E-state index contributed by atoms with van der Waals surface area (Å²) in [4.78, 5) is 23.5. The summed E-state index contributed by atoms with van der Waals surface area (Å²) < 4.78 is 1.97. The number of carbonyl (C=O) groups is 2. The fraction of sp³-hybridized carbons (Fsp3) is 0.375. The van der Waals surface area contributed by atoms with E-state index >= 15 is 0 Å². The predicted molar refractivity (Wildman–Crippen MR) is 81.3 cm³/mol. The number of aryl methyl sites for hydroxylation is 1. The van der Waals surface area contributed by atoms with Crippen LogP contribution >= 0.6 is 0 Å². The molecule has 0 saturated carbocycles. The van der Waals surface area contributed by atoms with E-state index in [1.807, 2.05) is 43.8 Å². The monoisotopic (exact) mass is 288 g/mol. The number of nitrogens with one attached hydrogen (secondary N) is 1. The Kier molecular flexibility index (Phi) is 4.31. The lowest BCUT2D eigenvalue weighted by atomic mass is 9.99. The summed E-state index contributed by atoms with van der Waals surface area (Å²) in [5.41, 5.74) is 1.51. The molecule has 1 aromatic heterocycles. The number of aromatic nitrogens is 1. The molecule has 2 N–H and O–H groups in total. The van der Waals surface area contributed by atoms with Crippen LogP contribution in [0.4, 0.5) is 0 Å². The quantitative estimate of drug-likeness (QED) is 0.887. The summed E-state index contributed by atoms with van der Waals surface area (Å²) in [5.74, 6) is -1.47. The molecule has 0 spiro atoms. The maximum atomic E-state index is 12.2. The van der Waals surface area contributed by atoms with Crippen LogP contribution in [0.5, 0.6) is 0 Å². The Hall–Kier alpha value is -2.30. The molecule has 5 nitrogen and oxygen atoms in total. The lowest BCUT2D eigenvalue weighted by Crippen LogP contribution is -2.45. The van der Waals surface area contributed by atoms with Crippen LogP contribution in [0.1, 0.15) is 30.6 Å². The van der Waals surface area contributed by atoms with Gasteiger partial charge in [-0.3, -0.25) is 4.79 Å². The molecular formula is C16H20N2O3. The fourth-order valence-corrected chi connectivity index (χ4v) is 2.33. The Balaban J connectivity index is 2.22. The normalized spacial score (nSPS) is 13.9. The van der Waals surface area contributed by atoms with E-state index in [-0.39, 0.29) is 11.8 Å². The van der Waals surface area contributed by atoms with Crippen LogP contribution in [0.2, 0.25) is 0 Å². The third-order valence-electron chi connectivity index (χ3n) is 3.91. The van der Waals surface area contributed by atoms with Crippen LogP contribution in [-0.4, -0.2) is 27.6 Å². The standard InChI is InChI=1S/C16H20N2O3/c1-4-10(2)14(16(20)21)17-15(19)12-5-6-13-11(9-12)7-8-18(13)3/h5-10,14H,4H2,1-3H3,(H,17,19)(H,20,21)/t10-,14+/m0/s1. The lowest BCUT2D eigenvalue weighted by molar-refractivity contribution is -0.140. The molecular weight excluding hydrogens is 268 g/mol. The second kappa shape index (κ2) is 5.99. The van der Waals surface area contributed by atoms with Gasteiger partial charge in [0.1, 0.15) is 6.04 Å². The molecule has 0 aliphatic rings. The second-order valence-corrected chi connectivity index (χ2v) is 5.38. The average Bonchev–Trinajstić information content (AvgIpc) is 2.84. The van der Waals surface area contributed by atoms with Crippen LogP contribution in [0.3, 0.4) is 0 Å². The minimum absolute atomic E-state index is 0.119. The summed E-state index contributed by atoms with van der Waals surface area (Å²) in [6.07, 6.45) is 2.61. The first-order chi connectivity index (χ1) is 9.93. The number of nitrogens with zero attached hydrogens (tertiary/aromatic N) is 1. The smallest absolute Gasteiger partial charge is 0.326 e. The minimum atomic E-state index is -1.00. The van der Waals surface area contributed by atoms with Crippen molar-refractivity contribution in [1.82, 2.24) is 9.88 Å². The van der Waals surface area contributed by atoms with Crippen LogP contribution in [0.15, 0.2) is 30.5 Å². The van der Waals surface area contributed by atoms with Crippen LogP contribution < -0.4 is 5.32 Å². The maximum Gasteiger partial charge on any atom is 0.326 e. The third kappa shape index (κ3) is 3.07. The molecule has 0 aliphatic carbocycles. The first kappa shape index (κ1) is 15.1. The van der Waals surface area contributed by atoms with Crippen molar-refractivity contribution in [3.05, 3.63) is 36.0 Å². The van der Waals surface area contributed by atoms with E-state index < -0.39 is 12.0 Å². The number of carbonyl (C=O) groups excluding carboxylic acids is 1. The maximum absolute atomic E-state index is 12.2. The summed E-state index contributed by atoms with van der Waals surface area (Å²) in [5, 5.41) is 12.8. The molecule has 5 heteroatoms. The Labute approximate surface area is 123 Å². The van der Waals surface area contributed by atoms with Crippen LogP contribution in [0, 0.1) is 5.92 Å². The van der Waals surface area contributed by atoms with Gasteiger partial charge in [0.2, 0.25) is 0 Å². The van der Waals surface area contributed by atoms with Gasteiger partial charge in [0.05, 0.1) is 0 Å². The number of aliphatic carboxylic acids is 1. The first-order valence-corrected chi connectivity index (χ1v) is 7.02. The van der Waals surface area contributed by atoms with Gasteiger partial charge in [0.25, 0.3) is 5.91 Å². The molecule has 0 saturated heterocycles. The van der Waals surface area contributed by atoms with E-state index in [4.69, 9.17) is 0 Å². The summed E-state index contributed by atoms with van der Waals surface area (Å²) >= 11 is 0. The zero-order valence-corrected chi connectivity index (χ0v) is 12.5. The second-order valence-electron chi connectivity index (χ2n) is 5.38. The van der Waals surface area contributed by atoms with Crippen molar-refractivity contribution in [2.24, 2.45) is 13.0 Å². The predicted octanol–water partition coefficient (Wildman–Crippen LogP) is 2.41. The molecule has 112 valence electrons. The first-order valence-electron chi connectivity index (χ1n) is 7.02. The van der Waals surface area contributed by atoms with E-state index in [9.17, 15) is 14.7 Å². The van der Waals surface area contributed by atoms with Crippen molar-refractivity contribution < 1.29 is 14.7 Å². The average molecular weight is 288 g/mol. The van der Waals surface area contributed by atoms with Gasteiger partial charge >= 0.3 is 5.97 Å². The summed E-state index contributed by atoms with van der Waals surface area (Å²) in [6, 6.07) is 6.42. The van der Waals surface area contributed by atoms with Gasteiger partial charge in [-0.25, -0.2) is 4.79 Å². The Morgan fingerprint density at radius 3 is 2.67 bits per heavy atom. The zero-order valence-electron chi connectivity index (χ0n) is 12.5. The molecule has 0 bridgehead atoms. The van der Waals surface area contributed by atoms with Crippen molar-refractivity contribution in [3.63, 3.8) is 0 Å². The Morgan fingerprint density at radius 1 is 1.33 bits per heavy atom. The van der Waals surface area contributed by atoms with E-state index in [0.717, 1.165) is 10.9 Å². The highest BCUT2D eigenvalue weighted by Gasteiger charge is 2.25. The number of hydrogen-bond donors (Lipinski definition) is 2. The number of fused-ring (bicyclic) bond motifs is 1. The Bertz CT molecular complexity index is 675. The molecule has 21 heavy (non-hydrogen) atoms. The zero-order chi connectivity index (χ0) is 15.6. The molecule has 1 amide bonds. The van der Waals surface area contributed by atoms with Gasteiger partial charge < -0.3 is 15.0 Å². The SMILES string of the molecule is CC[C@H](C)[C@@H](NC(=O)c1ccc2c(ccn2C)c1)C(=O)O. The van der Waals surface area contributed by atoms with Crippen LogP contribution in [-0.2, 0) is 11.8 Å². The molecule has 2 atom stereocenters. The van der Waals surface area contributed by atoms with Crippen molar-refractivity contribution in [1.29, 1.82) is 0 Å². The molecule has 0 unspecified atom stereocenters. The van der Waals surface area contributed by atoms with Gasteiger partial charge in [-0.1, -0.05) is 20.3 Å². The van der Waals surface area contributed by atoms with Gasteiger partial charge in [-0.2, -0.15) is 0 Å². The minimum Gasteiger partial charge on any atom is -0.480 e. The molecule has 1 heterocycles. The number of rotatable bonds is 5. The van der Waals surface area contributed by atoms with E-state index in [1.54, 1.807) is 12.1 Å². The third-order valence-corrected chi connectivity index (χ3v) is 3.91. The van der Waals surface area contributed by atoms with E-state index in [2.05, 4.69) is 5.32 Å². The number of amides is 1. The fourth-order valence-electron chi connectivity index (χ4n) is 2.33. The van der Waals surface area contributed by atoms with Gasteiger partial charge in [0, 0.05) is 29.7 Å². The molecule has 2 aromatic rings. The molecule has 2 rings (SSSR count). The lowest BCUT2D eigenvalue weighted by Gasteiger charge is -2.20. The molecule has 0 aliphatic heterocycles. The number of carboxylic acids is 1. The largest absolute Gasteiger partial charge is 0.480 e. The number of carboxylic acid groups (broad SMARTS) is 1. The topological polar surface area (TPSA) is 71.3 Å². The van der Waals surface area contributed by atoms with Crippen molar-refractivity contribution >= 4 is 22.8 Å². The highest BCUT2D eigenvalue weighted by molar-refractivity contribution is 5.99. The molecule has 1 aromatic carbocycles. The highest BCUT2D eigenvalue weighted by Crippen LogP contribution is 2.17.